The van der Waals surface area contributed by atoms with Crippen molar-refractivity contribution in [2.24, 2.45) is 5.14 Å². The minimum absolute atomic E-state index is 0.142. The first-order chi connectivity index (χ1) is 7.86. The van der Waals surface area contributed by atoms with Crippen molar-refractivity contribution in [3.63, 3.8) is 0 Å². The van der Waals surface area contributed by atoms with E-state index in [2.05, 4.69) is 5.32 Å². The Bertz CT molecular complexity index is 527. The van der Waals surface area contributed by atoms with E-state index in [0.29, 0.717) is 6.54 Å². The molecule has 7 nitrogen and oxygen atoms in total. The van der Waals surface area contributed by atoms with Crippen molar-refractivity contribution in [3.8, 4) is 0 Å². The Kier molecular flexibility index (Phi) is 4.02. The number of anilines is 1. The van der Waals surface area contributed by atoms with Gasteiger partial charge in [0.15, 0.2) is 0 Å². The average molecular weight is 259 g/mol. The summed E-state index contributed by atoms with van der Waals surface area (Å²) in [5, 5.41) is 18.4. The topological polar surface area (TPSA) is 115 Å². The van der Waals surface area contributed by atoms with Crippen molar-refractivity contribution in [1.29, 1.82) is 0 Å². The number of non-ortho nitro benzene ring substituents is 1. The third kappa shape index (κ3) is 3.40. The van der Waals surface area contributed by atoms with Crippen molar-refractivity contribution in [2.45, 2.75) is 18.2 Å². The summed E-state index contributed by atoms with van der Waals surface area (Å²) in [7, 11) is -3.89. The largest absolute Gasteiger partial charge is 0.384 e. The molecule has 17 heavy (non-hydrogen) atoms. The van der Waals surface area contributed by atoms with E-state index in [1.807, 2.05) is 6.92 Å². The predicted molar refractivity (Wildman–Crippen MR) is 63.3 cm³/mol. The zero-order chi connectivity index (χ0) is 13.1. The van der Waals surface area contributed by atoms with Gasteiger partial charge in [0, 0.05) is 18.7 Å². The van der Waals surface area contributed by atoms with E-state index < -0.39 is 14.9 Å². The van der Waals surface area contributed by atoms with Gasteiger partial charge in [0.25, 0.3) is 5.69 Å². The zero-order valence-corrected chi connectivity index (χ0v) is 10.0. The first-order valence-corrected chi connectivity index (χ1v) is 6.46. The van der Waals surface area contributed by atoms with Gasteiger partial charge in [-0.1, -0.05) is 6.92 Å². The number of nitrogens with zero attached hydrogens (tertiary/aromatic N) is 1. The van der Waals surface area contributed by atoms with Gasteiger partial charge in [0.1, 0.15) is 4.90 Å². The molecule has 0 amide bonds. The highest BCUT2D eigenvalue weighted by Gasteiger charge is 2.17. The number of nitro groups is 1. The number of nitrogens with two attached hydrogens (primary N) is 1. The van der Waals surface area contributed by atoms with Crippen LogP contribution < -0.4 is 10.5 Å². The molecule has 8 heteroatoms. The molecule has 0 aliphatic heterocycles. The van der Waals surface area contributed by atoms with Crippen LogP contribution in [0.1, 0.15) is 13.3 Å². The van der Waals surface area contributed by atoms with Gasteiger partial charge in [0.2, 0.25) is 10.0 Å². The SMILES string of the molecule is CCCNc1cc([N+](=O)[O-])ccc1S(N)(=O)=O. The molecule has 0 radical (unpaired) electrons. The summed E-state index contributed by atoms with van der Waals surface area (Å²) in [6, 6.07) is 3.40. The molecule has 1 aromatic rings. The van der Waals surface area contributed by atoms with E-state index in [9.17, 15) is 18.5 Å². The van der Waals surface area contributed by atoms with Crippen LogP contribution >= 0.6 is 0 Å². The van der Waals surface area contributed by atoms with Crippen LogP contribution in [0.2, 0.25) is 0 Å². The Labute approximate surface area is 98.8 Å². The van der Waals surface area contributed by atoms with Crippen molar-refractivity contribution in [3.05, 3.63) is 28.3 Å². The maximum atomic E-state index is 11.3. The Morgan fingerprint density at radius 2 is 2.12 bits per heavy atom. The van der Waals surface area contributed by atoms with Crippen molar-refractivity contribution >= 4 is 21.4 Å². The summed E-state index contributed by atoms with van der Waals surface area (Å²) in [6.45, 7) is 2.39. The Morgan fingerprint density at radius 1 is 1.47 bits per heavy atom. The maximum Gasteiger partial charge on any atom is 0.271 e. The normalized spacial score (nSPS) is 11.2. The van der Waals surface area contributed by atoms with Gasteiger partial charge in [0.05, 0.1) is 10.6 Å². The molecule has 0 aliphatic rings. The minimum Gasteiger partial charge on any atom is -0.384 e. The van der Waals surface area contributed by atoms with Gasteiger partial charge >= 0.3 is 0 Å². The highest BCUT2D eigenvalue weighted by molar-refractivity contribution is 7.89. The van der Waals surface area contributed by atoms with Gasteiger partial charge in [-0.15, -0.1) is 0 Å². The first kappa shape index (κ1) is 13.4. The van der Waals surface area contributed by atoms with Crippen LogP contribution in [0, 0.1) is 10.1 Å². The summed E-state index contributed by atoms with van der Waals surface area (Å²) < 4.78 is 22.5. The molecule has 0 aromatic heterocycles. The lowest BCUT2D eigenvalue weighted by atomic mass is 10.2. The van der Waals surface area contributed by atoms with Gasteiger partial charge in [-0.2, -0.15) is 0 Å². The van der Waals surface area contributed by atoms with E-state index in [-0.39, 0.29) is 16.3 Å². The van der Waals surface area contributed by atoms with E-state index in [1.54, 1.807) is 0 Å². The second-order valence-corrected chi connectivity index (χ2v) is 4.94. The lowest BCUT2D eigenvalue weighted by Crippen LogP contribution is -2.15. The van der Waals surface area contributed by atoms with E-state index in [4.69, 9.17) is 5.14 Å². The fourth-order valence-corrected chi connectivity index (χ4v) is 1.97. The van der Waals surface area contributed by atoms with Crippen LogP contribution in [0.5, 0.6) is 0 Å². The quantitative estimate of drug-likeness (QED) is 0.606. The van der Waals surface area contributed by atoms with Gasteiger partial charge in [-0.3, -0.25) is 10.1 Å². The Morgan fingerprint density at radius 3 is 2.59 bits per heavy atom. The number of rotatable bonds is 5. The number of benzene rings is 1. The second kappa shape index (κ2) is 5.11. The molecule has 0 heterocycles. The summed E-state index contributed by atoms with van der Waals surface area (Å²) in [5.41, 5.74) is -0.0282. The van der Waals surface area contributed by atoms with E-state index in [0.717, 1.165) is 24.6 Å². The monoisotopic (exact) mass is 259 g/mol. The molecular weight excluding hydrogens is 246 g/mol. The third-order valence-electron chi connectivity index (χ3n) is 2.05. The van der Waals surface area contributed by atoms with E-state index >= 15 is 0 Å². The molecule has 1 rings (SSSR count). The Balaban J connectivity index is 3.26. The van der Waals surface area contributed by atoms with Crippen molar-refractivity contribution in [2.75, 3.05) is 11.9 Å². The standard InChI is InChI=1S/C9H13N3O4S/c1-2-5-11-8-6-7(12(13)14)3-4-9(8)17(10,15)16/h3-4,6,11H,2,5H2,1H3,(H2,10,15,16). The predicted octanol–water partition coefficient (Wildman–Crippen LogP) is 1.06. The molecule has 0 atom stereocenters. The fourth-order valence-electron chi connectivity index (χ4n) is 1.28. The summed E-state index contributed by atoms with van der Waals surface area (Å²) in [4.78, 5) is 9.85. The lowest BCUT2D eigenvalue weighted by molar-refractivity contribution is -0.384. The van der Waals surface area contributed by atoms with Crippen LogP contribution in [0.25, 0.3) is 0 Å². The van der Waals surface area contributed by atoms with Crippen LogP contribution in [0.4, 0.5) is 11.4 Å². The minimum atomic E-state index is -3.89. The molecule has 94 valence electrons. The van der Waals surface area contributed by atoms with E-state index in [1.165, 1.54) is 0 Å². The number of nitro benzene ring substituents is 1. The van der Waals surface area contributed by atoms with Crippen molar-refractivity contribution < 1.29 is 13.3 Å². The molecule has 1 aromatic carbocycles. The molecule has 3 N–H and O–H groups in total. The van der Waals surface area contributed by atoms with Gasteiger partial charge < -0.3 is 5.32 Å². The van der Waals surface area contributed by atoms with Crippen LogP contribution in [-0.4, -0.2) is 19.9 Å². The summed E-state index contributed by atoms with van der Waals surface area (Å²) in [5.74, 6) is 0. The van der Waals surface area contributed by atoms with Crippen LogP contribution in [0.3, 0.4) is 0 Å². The van der Waals surface area contributed by atoms with Gasteiger partial charge in [-0.25, -0.2) is 13.6 Å². The van der Waals surface area contributed by atoms with Crippen molar-refractivity contribution in [1.82, 2.24) is 0 Å². The third-order valence-corrected chi connectivity index (χ3v) is 3.01. The first-order valence-electron chi connectivity index (χ1n) is 4.91. The summed E-state index contributed by atoms with van der Waals surface area (Å²) >= 11 is 0. The number of hydrogen-bond acceptors (Lipinski definition) is 5. The molecule has 0 saturated heterocycles. The van der Waals surface area contributed by atoms with Gasteiger partial charge in [-0.05, 0) is 12.5 Å². The number of sulfonamides is 1. The van der Waals surface area contributed by atoms with Crippen LogP contribution in [-0.2, 0) is 10.0 Å². The molecule has 0 fully saturated rings. The number of primary sulfonamides is 1. The highest BCUT2D eigenvalue weighted by atomic mass is 32.2. The molecule has 0 spiro atoms. The van der Waals surface area contributed by atoms with Crippen LogP contribution in [0.15, 0.2) is 23.1 Å². The molecule has 0 saturated carbocycles. The smallest absolute Gasteiger partial charge is 0.271 e. The second-order valence-electron chi connectivity index (χ2n) is 3.41. The zero-order valence-electron chi connectivity index (χ0n) is 9.21. The molecular formula is C9H13N3O4S. The number of hydrogen-bond donors (Lipinski definition) is 2. The molecule has 0 unspecified atom stereocenters. The Hall–Kier alpha value is -1.67. The molecule has 0 aliphatic carbocycles. The lowest BCUT2D eigenvalue weighted by Gasteiger charge is -2.09. The summed E-state index contributed by atoms with van der Waals surface area (Å²) in [6.07, 6.45) is 0.757. The fraction of sp³-hybridized carbons (Fsp3) is 0.333. The number of nitrogens with one attached hydrogen (secondary N) is 1. The average Bonchev–Trinajstić information content (AvgIpc) is 2.24. The highest BCUT2D eigenvalue weighted by Crippen LogP contribution is 2.25. The maximum absolute atomic E-state index is 11.3. The molecule has 0 bridgehead atoms.